The van der Waals surface area contributed by atoms with E-state index in [1.165, 1.54) is 6.07 Å². The molecule has 0 amide bonds. The predicted molar refractivity (Wildman–Crippen MR) is 84.6 cm³/mol. The van der Waals surface area contributed by atoms with E-state index in [0.29, 0.717) is 18.6 Å². The molecule has 0 saturated heterocycles. The van der Waals surface area contributed by atoms with E-state index in [0.717, 1.165) is 17.3 Å². The van der Waals surface area contributed by atoms with Crippen LogP contribution < -0.4 is 4.72 Å². The Kier molecular flexibility index (Phi) is 7.34. The first-order valence-electron chi connectivity index (χ1n) is 6.84. The van der Waals surface area contributed by atoms with E-state index in [9.17, 15) is 13.2 Å². The third-order valence-electron chi connectivity index (χ3n) is 2.86. The number of unbranched alkanes of at least 4 members (excludes halogenated alkanes) is 1. The number of rotatable bonds is 8. The van der Waals surface area contributed by atoms with Gasteiger partial charge in [0.05, 0.1) is 11.5 Å². The van der Waals surface area contributed by atoms with Gasteiger partial charge in [-0.25, -0.2) is 8.42 Å². The number of hydrogen-bond donors (Lipinski definition) is 1. The molecule has 0 saturated carbocycles. The molecule has 0 aliphatic rings. The van der Waals surface area contributed by atoms with Crippen LogP contribution in [-0.2, 0) is 26.0 Å². The second-order valence-corrected chi connectivity index (χ2v) is 7.16. The van der Waals surface area contributed by atoms with Crippen LogP contribution in [0.25, 0.3) is 0 Å². The van der Waals surface area contributed by atoms with Crippen molar-refractivity contribution in [3.63, 3.8) is 0 Å². The van der Waals surface area contributed by atoms with Crippen molar-refractivity contribution in [1.29, 1.82) is 0 Å². The standard InChI is InChI=1S/C14H20BrNO4S/c1-3-5-8-20-14(17)10-16-21(18,19)13-7-6-12(15)9-11(13)4-2/h6-7,9,16H,3-5,8,10H2,1-2H3. The molecule has 21 heavy (non-hydrogen) atoms. The fourth-order valence-corrected chi connectivity index (χ4v) is 3.37. The number of ether oxygens (including phenoxy) is 1. The molecule has 5 nitrogen and oxygen atoms in total. The molecule has 0 unspecified atom stereocenters. The molecular formula is C14H20BrNO4S. The molecule has 0 aromatic heterocycles. The summed E-state index contributed by atoms with van der Waals surface area (Å²) in [4.78, 5) is 11.6. The minimum atomic E-state index is -3.72. The number of benzene rings is 1. The third kappa shape index (κ3) is 5.76. The van der Waals surface area contributed by atoms with Crippen LogP contribution in [0.3, 0.4) is 0 Å². The lowest BCUT2D eigenvalue weighted by molar-refractivity contribution is -0.142. The maximum absolute atomic E-state index is 12.2. The van der Waals surface area contributed by atoms with Gasteiger partial charge >= 0.3 is 5.97 Å². The van der Waals surface area contributed by atoms with Crippen molar-refractivity contribution in [2.45, 2.75) is 38.0 Å². The highest BCUT2D eigenvalue weighted by Crippen LogP contribution is 2.21. The van der Waals surface area contributed by atoms with Crippen molar-refractivity contribution in [3.8, 4) is 0 Å². The Morgan fingerprint density at radius 2 is 2.05 bits per heavy atom. The molecule has 1 rings (SSSR count). The normalized spacial score (nSPS) is 11.4. The van der Waals surface area contributed by atoms with Gasteiger partial charge in [-0.3, -0.25) is 4.79 Å². The summed E-state index contributed by atoms with van der Waals surface area (Å²) >= 11 is 3.31. The number of halogens is 1. The van der Waals surface area contributed by atoms with Crippen molar-refractivity contribution in [2.24, 2.45) is 0 Å². The van der Waals surface area contributed by atoms with Gasteiger partial charge in [0, 0.05) is 4.47 Å². The summed E-state index contributed by atoms with van der Waals surface area (Å²) in [6.07, 6.45) is 2.26. The Labute approximate surface area is 134 Å². The monoisotopic (exact) mass is 377 g/mol. The van der Waals surface area contributed by atoms with E-state index in [-0.39, 0.29) is 11.4 Å². The second-order valence-electron chi connectivity index (χ2n) is 4.50. The summed E-state index contributed by atoms with van der Waals surface area (Å²) in [5.41, 5.74) is 0.691. The molecular weight excluding hydrogens is 358 g/mol. The SMILES string of the molecule is CCCCOC(=O)CNS(=O)(=O)c1ccc(Br)cc1CC. The zero-order chi connectivity index (χ0) is 15.9. The Morgan fingerprint density at radius 1 is 1.33 bits per heavy atom. The summed E-state index contributed by atoms with van der Waals surface area (Å²) in [5.74, 6) is -0.567. The zero-order valence-corrected chi connectivity index (χ0v) is 14.6. The van der Waals surface area contributed by atoms with Crippen LogP contribution in [0.2, 0.25) is 0 Å². The summed E-state index contributed by atoms with van der Waals surface area (Å²) in [5, 5.41) is 0. The van der Waals surface area contributed by atoms with E-state index in [4.69, 9.17) is 4.74 Å². The first kappa shape index (κ1) is 18.1. The van der Waals surface area contributed by atoms with Crippen LogP contribution in [0.4, 0.5) is 0 Å². The summed E-state index contributed by atoms with van der Waals surface area (Å²) < 4.78 is 32.5. The van der Waals surface area contributed by atoms with Gasteiger partial charge in [-0.2, -0.15) is 4.72 Å². The van der Waals surface area contributed by atoms with Gasteiger partial charge < -0.3 is 4.74 Å². The fourth-order valence-electron chi connectivity index (χ4n) is 1.70. The van der Waals surface area contributed by atoms with Crippen LogP contribution in [0.15, 0.2) is 27.6 Å². The van der Waals surface area contributed by atoms with E-state index in [2.05, 4.69) is 20.7 Å². The molecule has 0 bridgehead atoms. The first-order valence-corrected chi connectivity index (χ1v) is 9.12. The topological polar surface area (TPSA) is 72.5 Å². The van der Waals surface area contributed by atoms with Crippen LogP contribution >= 0.6 is 15.9 Å². The Bertz CT molecular complexity index is 587. The van der Waals surface area contributed by atoms with Gasteiger partial charge in [-0.05, 0) is 36.6 Å². The maximum atomic E-state index is 12.2. The second kappa shape index (κ2) is 8.51. The Morgan fingerprint density at radius 3 is 2.67 bits per heavy atom. The highest BCUT2D eigenvalue weighted by Gasteiger charge is 2.19. The van der Waals surface area contributed by atoms with Gasteiger partial charge in [-0.15, -0.1) is 0 Å². The summed E-state index contributed by atoms with van der Waals surface area (Å²) in [6, 6.07) is 4.94. The Hall–Kier alpha value is -0.920. The van der Waals surface area contributed by atoms with Crippen LogP contribution in [0.5, 0.6) is 0 Å². The van der Waals surface area contributed by atoms with Crippen LogP contribution in [0.1, 0.15) is 32.3 Å². The van der Waals surface area contributed by atoms with E-state index in [1.807, 2.05) is 13.8 Å². The number of aryl methyl sites for hydroxylation is 1. The van der Waals surface area contributed by atoms with Crippen molar-refractivity contribution in [1.82, 2.24) is 4.72 Å². The molecule has 7 heteroatoms. The number of esters is 1. The largest absolute Gasteiger partial charge is 0.465 e. The summed E-state index contributed by atoms with van der Waals surface area (Å²) in [6.45, 7) is 3.82. The molecule has 0 spiro atoms. The van der Waals surface area contributed by atoms with Crippen LogP contribution in [0, 0.1) is 0 Å². The lowest BCUT2D eigenvalue weighted by Gasteiger charge is -2.11. The van der Waals surface area contributed by atoms with Gasteiger partial charge in [0.2, 0.25) is 10.0 Å². The zero-order valence-electron chi connectivity index (χ0n) is 12.2. The minimum absolute atomic E-state index is 0.189. The molecule has 0 aliphatic heterocycles. The Balaban J connectivity index is 2.72. The molecule has 1 N–H and O–H groups in total. The maximum Gasteiger partial charge on any atom is 0.321 e. The molecule has 0 radical (unpaired) electrons. The number of hydrogen-bond acceptors (Lipinski definition) is 4. The highest BCUT2D eigenvalue weighted by atomic mass is 79.9. The van der Waals surface area contributed by atoms with Crippen molar-refractivity contribution >= 4 is 31.9 Å². The summed E-state index contributed by atoms with van der Waals surface area (Å²) in [7, 11) is -3.72. The number of carbonyl (C=O) groups excluding carboxylic acids is 1. The predicted octanol–water partition coefficient (Wildman–Crippen LogP) is 2.63. The van der Waals surface area contributed by atoms with Gasteiger partial charge in [0.1, 0.15) is 6.54 Å². The molecule has 1 aromatic carbocycles. The highest BCUT2D eigenvalue weighted by molar-refractivity contribution is 9.10. The molecule has 118 valence electrons. The smallest absolute Gasteiger partial charge is 0.321 e. The molecule has 0 aliphatic carbocycles. The average Bonchev–Trinajstić information content (AvgIpc) is 2.45. The quantitative estimate of drug-likeness (QED) is 0.558. The van der Waals surface area contributed by atoms with Crippen molar-refractivity contribution in [2.75, 3.05) is 13.2 Å². The van der Waals surface area contributed by atoms with Gasteiger partial charge in [0.15, 0.2) is 0 Å². The third-order valence-corrected chi connectivity index (χ3v) is 4.86. The van der Waals surface area contributed by atoms with Gasteiger partial charge in [-0.1, -0.05) is 36.2 Å². The van der Waals surface area contributed by atoms with Crippen molar-refractivity contribution < 1.29 is 17.9 Å². The number of carbonyl (C=O) groups is 1. The lowest BCUT2D eigenvalue weighted by Crippen LogP contribution is -2.31. The minimum Gasteiger partial charge on any atom is -0.465 e. The van der Waals surface area contributed by atoms with Gasteiger partial charge in [0.25, 0.3) is 0 Å². The number of sulfonamides is 1. The van der Waals surface area contributed by atoms with E-state index >= 15 is 0 Å². The van der Waals surface area contributed by atoms with Crippen LogP contribution in [-0.4, -0.2) is 27.5 Å². The average molecular weight is 378 g/mol. The fraction of sp³-hybridized carbons (Fsp3) is 0.500. The van der Waals surface area contributed by atoms with E-state index in [1.54, 1.807) is 12.1 Å². The lowest BCUT2D eigenvalue weighted by atomic mass is 10.2. The molecule has 0 heterocycles. The van der Waals surface area contributed by atoms with E-state index < -0.39 is 16.0 Å². The molecule has 0 fully saturated rings. The first-order chi connectivity index (χ1) is 9.90. The van der Waals surface area contributed by atoms with Crippen molar-refractivity contribution in [3.05, 3.63) is 28.2 Å². The number of nitrogens with one attached hydrogen (secondary N) is 1. The molecule has 1 aromatic rings. The molecule has 0 atom stereocenters.